The Labute approximate surface area is 194 Å². The predicted molar refractivity (Wildman–Crippen MR) is 128 cm³/mol. The van der Waals surface area contributed by atoms with Gasteiger partial charge < -0.3 is 14.5 Å². The summed E-state index contributed by atoms with van der Waals surface area (Å²) < 4.78 is 5.39. The third-order valence-corrected chi connectivity index (χ3v) is 5.93. The lowest BCUT2D eigenvalue weighted by Crippen LogP contribution is -2.59. The number of para-hydroxylation sites is 1. The predicted octanol–water partition coefficient (Wildman–Crippen LogP) is 3.84. The van der Waals surface area contributed by atoms with Crippen LogP contribution in [0.5, 0.6) is 5.75 Å². The minimum Gasteiger partial charge on any atom is -0.496 e. The van der Waals surface area contributed by atoms with Crippen molar-refractivity contribution in [2.45, 2.75) is 12.5 Å². The number of pyridine rings is 1. The van der Waals surface area contributed by atoms with Crippen molar-refractivity contribution in [2.24, 2.45) is 0 Å². The van der Waals surface area contributed by atoms with Crippen molar-refractivity contribution in [3.63, 3.8) is 0 Å². The third-order valence-electron chi connectivity index (χ3n) is 5.93. The van der Waals surface area contributed by atoms with Crippen molar-refractivity contribution in [3.8, 4) is 16.9 Å². The maximum absolute atomic E-state index is 13.5. The largest absolute Gasteiger partial charge is 0.496 e. The lowest BCUT2D eigenvalue weighted by molar-refractivity contribution is -0.139. The summed E-state index contributed by atoms with van der Waals surface area (Å²) in [6.07, 6.45) is 5.68. The number of aromatic nitrogens is 1. The molecule has 2 aromatic carbocycles. The lowest BCUT2D eigenvalue weighted by atomic mass is 9.97. The molecule has 1 aliphatic rings. The van der Waals surface area contributed by atoms with E-state index in [1.54, 1.807) is 53.6 Å². The van der Waals surface area contributed by atoms with Crippen molar-refractivity contribution in [1.29, 1.82) is 0 Å². The zero-order valence-electron chi connectivity index (χ0n) is 18.7. The van der Waals surface area contributed by atoms with E-state index in [1.165, 1.54) is 0 Å². The van der Waals surface area contributed by atoms with E-state index in [1.807, 2.05) is 42.5 Å². The van der Waals surface area contributed by atoms with Gasteiger partial charge in [0.05, 0.1) is 12.7 Å². The molecule has 1 unspecified atom stereocenters. The van der Waals surface area contributed by atoms with E-state index in [0.717, 1.165) is 16.7 Å². The van der Waals surface area contributed by atoms with Crippen molar-refractivity contribution in [2.75, 3.05) is 26.7 Å². The van der Waals surface area contributed by atoms with E-state index in [4.69, 9.17) is 4.74 Å². The number of methoxy groups -OCH3 is 1. The fourth-order valence-corrected chi connectivity index (χ4v) is 4.19. The van der Waals surface area contributed by atoms with Gasteiger partial charge in [-0.1, -0.05) is 42.5 Å². The summed E-state index contributed by atoms with van der Waals surface area (Å²) in [6, 6.07) is 18.5. The lowest BCUT2D eigenvalue weighted by Gasteiger charge is -2.40. The maximum atomic E-state index is 13.5. The van der Waals surface area contributed by atoms with Crippen LogP contribution in [-0.4, -0.2) is 59.4 Å². The topological polar surface area (TPSA) is 62.7 Å². The number of carbonyl (C=O) groups excluding carboxylic acids is 2. The van der Waals surface area contributed by atoms with Gasteiger partial charge in [-0.05, 0) is 41.0 Å². The Morgan fingerprint density at radius 2 is 1.76 bits per heavy atom. The van der Waals surface area contributed by atoms with Gasteiger partial charge in [0.15, 0.2) is 0 Å². The Hall–Kier alpha value is -3.93. The van der Waals surface area contributed by atoms with E-state index in [2.05, 4.69) is 11.6 Å². The highest BCUT2D eigenvalue weighted by Crippen LogP contribution is 2.25. The number of benzene rings is 2. The van der Waals surface area contributed by atoms with Crippen molar-refractivity contribution in [3.05, 3.63) is 96.8 Å². The van der Waals surface area contributed by atoms with Crippen LogP contribution < -0.4 is 4.74 Å². The smallest absolute Gasteiger partial charge is 0.258 e. The molecule has 6 heteroatoms. The summed E-state index contributed by atoms with van der Waals surface area (Å²) in [5.41, 5.74) is 3.61. The van der Waals surface area contributed by atoms with Gasteiger partial charge in [0, 0.05) is 38.4 Å². The fourth-order valence-electron chi connectivity index (χ4n) is 4.19. The summed E-state index contributed by atoms with van der Waals surface area (Å²) in [6.45, 7) is 5.16. The maximum Gasteiger partial charge on any atom is 0.258 e. The van der Waals surface area contributed by atoms with Gasteiger partial charge in [0.25, 0.3) is 5.91 Å². The number of rotatable bonds is 7. The number of hydrogen-bond acceptors (Lipinski definition) is 4. The summed E-state index contributed by atoms with van der Waals surface area (Å²) in [4.78, 5) is 34.3. The van der Waals surface area contributed by atoms with Crippen LogP contribution in [0.1, 0.15) is 15.9 Å². The normalized spacial score (nSPS) is 15.9. The van der Waals surface area contributed by atoms with Crippen LogP contribution in [0.25, 0.3) is 11.1 Å². The van der Waals surface area contributed by atoms with Gasteiger partial charge in [0.1, 0.15) is 11.8 Å². The Kier molecular flexibility index (Phi) is 6.83. The summed E-state index contributed by atoms with van der Waals surface area (Å²) in [5.74, 6) is 0.240. The Morgan fingerprint density at radius 1 is 1.06 bits per heavy atom. The molecular weight excluding hydrogens is 414 g/mol. The van der Waals surface area contributed by atoms with Gasteiger partial charge in [-0.2, -0.15) is 0 Å². The van der Waals surface area contributed by atoms with Crippen LogP contribution in [-0.2, 0) is 11.2 Å². The minimum atomic E-state index is -0.595. The third kappa shape index (κ3) is 4.80. The molecular formula is C27H27N3O3. The molecule has 6 nitrogen and oxygen atoms in total. The average Bonchev–Trinajstić information content (AvgIpc) is 2.87. The first-order valence-electron chi connectivity index (χ1n) is 11.0. The van der Waals surface area contributed by atoms with Gasteiger partial charge in [-0.15, -0.1) is 6.58 Å². The van der Waals surface area contributed by atoms with Crippen LogP contribution in [0.15, 0.2) is 85.7 Å². The van der Waals surface area contributed by atoms with E-state index >= 15 is 0 Å². The van der Waals surface area contributed by atoms with Crippen LogP contribution in [0.4, 0.5) is 0 Å². The van der Waals surface area contributed by atoms with Gasteiger partial charge >= 0.3 is 0 Å². The molecule has 2 heterocycles. The number of carbonyl (C=O) groups is 2. The number of hydrogen-bond donors (Lipinski definition) is 0. The van der Waals surface area contributed by atoms with Crippen LogP contribution in [0.3, 0.4) is 0 Å². The van der Waals surface area contributed by atoms with Crippen molar-refractivity contribution in [1.82, 2.24) is 14.8 Å². The standard InChI is InChI=1S/C27H27N3O3/c1-3-16-29-17-18-30(26(31)23-6-4-5-7-25(23)33-2)24(27(29)32)19-20-8-10-21(11-9-20)22-12-14-28-15-13-22/h3-15,24H,1,16-19H2,2H3. The summed E-state index contributed by atoms with van der Waals surface area (Å²) in [5, 5.41) is 0. The van der Waals surface area contributed by atoms with E-state index < -0.39 is 6.04 Å². The Morgan fingerprint density at radius 3 is 2.45 bits per heavy atom. The van der Waals surface area contributed by atoms with E-state index in [9.17, 15) is 9.59 Å². The molecule has 1 aliphatic heterocycles. The molecule has 0 radical (unpaired) electrons. The fraction of sp³-hybridized carbons (Fsp3) is 0.222. The first kappa shape index (κ1) is 22.3. The molecule has 0 bridgehead atoms. The first-order chi connectivity index (χ1) is 16.1. The molecule has 1 aromatic heterocycles. The molecule has 0 aliphatic carbocycles. The number of amides is 2. The Bertz CT molecular complexity index is 1130. The van der Waals surface area contributed by atoms with Gasteiger partial charge in [-0.3, -0.25) is 14.6 Å². The summed E-state index contributed by atoms with van der Waals surface area (Å²) >= 11 is 0. The highest BCUT2D eigenvalue weighted by molar-refractivity contribution is 6.00. The second kappa shape index (κ2) is 10.1. The summed E-state index contributed by atoms with van der Waals surface area (Å²) in [7, 11) is 1.54. The first-order valence-corrected chi connectivity index (χ1v) is 11.0. The monoisotopic (exact) mass is 441 g/mol. The number of nitrogens with zero attached hydrogens (tertiary/aromatic N) is 3. The number of piperazine rings is 1. The Balaban J connectivity index is 1.61. The molecule has 1 saturated heterocycles. The van der Waals surface area contributed by atoms with Gasteiger partial charge in [0.2, 0.25) is 5.91 Å². The van der Waals surface area contributed by atoms with Crippen LogP contribution in [0, 0.1) is 0 Å². The second-order valence-corrected chi connectivity index (χ2v) is 7.92. The molecule has 2 amide bonds. The second-order valence-electron chi connectivity index (χ2n) is 7.92. The molecule has 0 N–H and O–H groups in total. The molecule has 3 aromatic rings. The average molecular weight is 442 g/mol. The minimum absolute atomic E-state index is 0.0670. The highest BCUT2D eigenvalue weighted by atomic mass is 16.5. The van der Waals surface area contributed by atoms with Crippen LogP contribution >= 0.6 is 0 Å². The van der Waals surface area contributed by atoms with Crippen molar-refractivity contribution < 1.29 is 14.3 Å². The molecule has 168 valence electrons. The molecule has 33 heavy (non-hydrogen) atoms. The van der Waals surface area contributed by atoms with Crippen LogP contribution in [0.2, 0.25) is 0 Å². The molecule has 1 atom stereocenters. The zero-order chi connectivity index (χ0) is 23.2. The van der Waals surface area contributed by atoms with Crippen molar-refractivity contribution >= 4 is 11.8 Å². The molecule has 0 saturated carbocycles. The molecule has 4 rings (SSSR count). The molecule has 1 fully saturated rings. The van der Waals surface area contributed by atoms with E-state index in [0.29, 0.717) is 37.4 Å². The number of ether oxygens (including phenoxy) is 1. The zero-order valence-corrected chi connectivity index (χ0v) is 18.7. The van der Waals surface area contributed by atoms with E-state index in [-0.39, 0.29) is 11.8 Å². The highest BCUT2D eigenvalue weighted by Gasteiger charge is 2.38. The quantitative estimate of drug-likeness (QED) is 0.523. The SMILES string of the molecule is C=CCN1CCN(C(=O)c2ccccc2OC)C(Cc2ccc(-c3ccncc3)cc2)C1=O. The van der Waals surface area contributed by atoms with Gasteiger partial charge in [-0.25, -0.2) is 0 Å². The molecule has 0 spiro atoms.